The lowest BCUT2D eigenvalue weighted by Crippen LogP contribution is -2.24. The van der Waals surface area contributed by atoms with Crippen molar-refractivity contribution in [2.75, 3.05) is 0 Å². The van der Waals surface area contributed by atoms with Crippen LogP contribution in [0.5, 0.6) is 0 Å². The molecule has 3 atom stereocenters. The Morgan fingerprint density at radius 3 is 1.49 bits per heavy atom. The third-order valence-corrected chi connectivity index (χ3v) is 9.90. The van der Waals surface area contributed by atoms with E-state index in [1.54, 1.807) is 6.20 Å². The number of aromatic nitrogens is 3. The molecule has 1 saturated carbocycles. The maximum atomic E-state index is 9.48. The minimum atomic E-state index is -1.52. The lowest BCUT2D eigenvalue weighted by molar-refractivity contribution is 0.172. The highest BCUT2D eigenvalue weighted by Crippen LogP contribution is 2.40. The summed E-state index contributed by atoms with van der Waals surface area (Å²) >= 11 is 0. The van der Waals surface area contributed by atoms with Crippen molar-refractivity contribution in [2.24, 2.45) is 17.8 Å². The molecule has 3 heteroatoms. The van der Waals surface area contributed by atoms with Gasteiger partial charge in [0.25, 0.3) is 0 Å². The van der Waals surface area contributed by atoms with Gasteiger partial charge in [0.15, 0.2) is 0 Å². The Morgan fingerprint density at radius 2 is 0.980 bits per heavy atom. The monoisotopic (exact) mass is 645 g/mol. The highest BCUT2D eigenvalue weighted by molar-refractivity contribution is 5.61. The third kappa shape index (κ3) is 8.78. The largest absolute Gasteiger partial charge is 0.256 e. The Kier molecular flexibility index (Phi) is 9.15. The zero-order valence-corrected chi connectivity index (χ0v) is 28.3. The summed E-state index contributed by atoms with van der Waals surface area (Å²) in [6.45, 7) is 2.04. The minimum Gasteiger partial charge on any atom is -0.256 e. The van der Waals surface area contributed by atoms with Crippen molar-refractivity contribution in [2.45, 2.75) is 64.6 Å². The molecule has 49 heavy (non-hydrogen) atoms. The molecule has 7 rings (SSSR count). The maximum Gasteiger partial charge on any atom is 0.0704 e. The number of nitrogens with zero attached hydrogens (tertiary/aromatic N) is 3. The highest BCUT2D eigenvalue weighted by atomic mass is 14.7. The molecular formula is C46H47N3. The average Bonchev–Trinajstić information content (AvgIpc) is 3.19. The molecule has 1 aliphatic rings. The van der Waals surface area contributed by atoms with Crippen LogP contribution in [0.3, 0.4) is 0 Å². The number of pyridine rings is 3. The van der Waals surface area contributed by atoms with E-state index in [0.717, 1.165) is 81.7 Å². The van der Waals surface area contributed by atoms with Gasteiger partial charge in [0.1, 0.15) is 0 Å². The molecule has 0 N–H and O–H groups in total. The number of aryl methyl sites for hydroxylation is 4. The molecule has 0 bridgehead atoms. The van der Waals surface area contributed by atoms with Gasteiger partial charge in [-0.25, -0.2) is 0 Å². The molecule has 1 fully saturated rings. The summed E-state index contributed by atoms with van der Waals surface area (Å²) < 4.78 is 37.8. The standard InChI is InChI=1S/C46H47N3/c1-34-27-46(42-15-9-4-10-16-42)49-33-43(34)24-21-39-29-37(19-17-35-22-25-44(47-31-35)40-11-5-2-6-12-40)28-38(30-39)20-18-36-23-26-45(48-32-36)41-13-7-3-8-14-41/h2-16,22-23,25-27,31-33,37-39H,17-21,24,28-30H2,1H3/i19D2,21D2. The van der Waals surface area contributed by atoms with Gasteiger partial charge in [0, 0.05) is 40.8 Å². The van der Waals surface area contributed by atoms with Gasteiger partial charge >= 0.3 is 0 Å². The number of benzene rings is 3. The Labute approximate surface area is 298 Å². The summed E-state index contributed by atoms with van der Waals surface area (Å²) in [6, 6.07) is 40.5. The van der Waals surface area contributed by atoms with E-state index in [1.807, 2.05) is 110 Å². The molecule has 0 radical (unpaired) electrons. The van der Waals surface area contributed by atoms with E-state index >= 15 is 0 Å². The molecule has 0 aliphatic heterocycles. The van der Waals surface area contributed by atoms with E-state index in [2.05, 4.69) is 35.3 Å². The molecule has 0 amide bonds. The third-order valence-electron chi connectivity index (χ3n) is 9.90. The maximum absolute atomic E-state index is 9.48. The fraction of sp³-hybridized carbons (Fsp3) is 0.283. The topological polar surface area (TPSA) is 38.7 Å². The molecule has 3 aromatic heterocycles. The van der Waals surface area contributed by atoms with E-state index in [-0.39, 0.29) is 30.6 Å². The second-order valence-electron chi connectivity index (χ2n) is 13.5. The molecule has 3 heterocycles. The van der Waals surface area contributed by atoms with Gasteiger partial charge in [0.05, 0.1) is 17.1 Å². The van der Waals surface area contributed by atoms with E-state index in [4.69, 9.17) is 9.97 Å². The van der Waals surface area contributed by atoms with Gasteiger partial charge in [-0.15, -0.1) is 0 Å². The van der Waals surface area contributed by atoms with Crippen molar-refractivity contribution in [1.82, 2.24) is 15.0 Å². The highest BCUT2D eigenvalue weighted by Gasteiger charge is 2.28. The Hall–Kier alpha value is -4.89. The summed E-state index contributed by atoms with van der Waals surface area (Å²) in [5.41, 5.74) is 9.82. The van der Waals surface area contributed by atoms with E-state index < -0.39 is 12.7 Å². The second kappa shape index (κ2) is 16.0. The first kappa shape index (κ1) is 28.0. The molecule has 3 unspecified atom stereocenters. The van der Waals surface area contributed by atoms with Crippen LogP contribution in [0.2, 0.25) is 0 Å². The first-order chi connectivity index (χ1) is 25.6. The Morgan fingerprint density at radius 1 is 0.510 bits per heavy atom. The van der Waals surface area contributed by atoms with Crippen LogP contribution in [-0.2, 0) is 19.3 Å². The van der Waals surface area contributed by atoms with Gasteiger partial charge in [0.2, 0.25) is 0 Å². The van der Waals surface area contributed by atoms with Crippen LogP contribution in [0.25, 0.3) is 33.8 Å². The van der Waals surface area contributed by atoms with Crippen LogP contribution in [0.4, 0.5) is 0 Å². The average molecular weight is 646 g/mol. The van der Waals surface area contributed by atoms with Gasteiger partial charge < -0.3 is 0 Å². The lowest BCUT2D eigenvalue weighted by Gasteiger charge is -2.35. The minimum absolute atomic E-state index is 0.191. The molecule has 0 spiro atoms. The van der Waals surface area contributed by atoms with Gasteiger partial charge in [-0.2, -0.15) is 0 Å². The fourth-order valence-corrected chi connectivity index (χ4v) is 7.09. The van der Waals surface area contributed by atoms with Crippen LogP contribution < -0.4 is 0 Å². The molecule has 6 aromatic rings. The fourth-order valence-electron chi connectivity index (χ4n) is 7.09. The normalized spacial score (nSPS) is 19.3. The van der Waals surface area contributed by atoms with E-state index in [9.17, 15) is 5.48 Å². The summed E-state index contributed by atoms with van der Waals surface area (Å²) in [6.07, 6.45) is 6.73. The summed E-state index contributed by atoms with van der Waals surface area (Å²) in [5.74, 6) is -0.379. The number of hydrogen-bond acceptors (Lipinski definition) is 3. The smallest absolute Gasteiger partial charge is 0.0704 e. The number of rotatable bonds is 12. The Bertz CT molecular complexity index is 2070. The first-order valence-corrected chi connectivity index (χ1v) is 17.6. The van der Waals surface area contributed by atoms with E-state index in [0.29, 0.717) is 6.42 Å². The number of hydrogen-bond donors (Lipinski definition) is 0. The predicted molar refractivity (Wildman–Crippen MR) is 203 cm³/mol. The van der Waals surface area contributed by atoms with Crippen molar-refractivity contribution in [3.05, 3.63) is 162 Å². The van der Waals surface area contributed by atoms with Crippen LogP contribution >= 0.6 is 0 Å². The predicted octanol–water partition coefficient (Wildman–Crippen LogP) is 11.4. The summed E-state index contributed by atoms with van der Waals surface area (Å²) in [7, 11) is 0. The van der Waals surface area contributed by atoms with Crippen molar-refractivity contribution >= 4 is 0 Å². The molecule has 3 aromatic carbocycles. The zero-order chi connectivity index (χ0) is 36.8. The Balaban J connectivity index is 1.09. The molecule has 246 valence electrons. The van der Waals surface area contributed by atoms with Gasteiger partial charge in [-0.1, -0.05) is 103 Å². The molecular weight excluding hydrogens is 595 g/mol. The lowest BCUT2D eigenvalue weighted by atomic mass is 9.70. The second-order valence-corrected chi connectivity index (χ2v) is 13.5. The van der Waals surface area contributed by atoms with Crippen molar-refractivity contribution in [3.63, 3.8) is 0 Å². The SMILES string of the molecule is [2H]C([2H])(Cc1ccc(-c2ccccc2)nc1)C1CC(CCc2ccc(-c3ccccc3)nc2)CC(C([2H])([2H])Cc2cnc(-c3ccccc3)cc2C)C1. The molecule has 1 aliphatic carbocycles. The van der Waals surface area contributed by atoms with Crippen molar-refractivity contribution in [3.8, 4) is 33.8 Å². The first-order valence-electron chi connectivity index (χ1n) is 19.6. The van der Waals surface area contributed by atoms with E-state index in [1.165, 1.54) is 0 Å². The molecule has 0 saturated heterocycles. The summed E-state index contributed by atoms with van der Waals surface area (Å²) in [5, 5.41) is 0. The van der Waals surface area contributed by atoms with Crippen LogP contribution in [-0.4, -0.2) is 15.0 Å². The van der Waals surface area contributed by atoms with Crippen molar-refractivity contribution < 1.29 is 5.48 Å². The zero-order valence-electron chi connectivity index (χ0n) is 32.3. The molecule has 3 nitrogen and oxygen atoms in total. The summed E-state index contributed by atoms with van der Waals surface area (Å²) in [4.78, 5) is 14.2. The van der Waals surface area contributed by atoms with Gasteiger partial charge in [-0.05, 0) is 123 Å². The van der Waals surface area contributed by atoms with Gasteiger partial charge in [-0.3, -0.25) is 15.0 Å². The van der Waals surface area contributed by atoms with Crippen molar-refractivity contribution in [1.29, 1.82) is 0 Å². The quantitative estimate of drug-likeness (QED) is 0.133. The van der Waals surface area contributed by atoms with Crippen LogP contribution in [0, 0.1) is 24.7 Å². The van der Waals surface area contributed by atoms with Crippen LogP contribution in [0.15, 0.2) is 140 Å². The van der Waals surface area contributed by atoms with Crippen LogP contribution in [0.1, 0.15) is 66.2 Å².